The van der Waals surface area contributed by atoms with Crippen LogP contribution in [0, 0.1) is 16.0 Å². The van der Waals surface area contributed by atoms with Gasteiger partial charge < -0.3 is 5.32 Å². The average Bonchev–Trinajstić information content (AvgIpc) is 2.65. The molecular weight excluding hydrogens is 420 g/mol. The molecule has 2 N–H and O–H groups in total. The van der Waals surface area contributed by atoms with Crippen LogP contribution >= 0.6 is 11.8 Å². The van der Waals surface area contributed by atoms with Gasteiger partial charge in [-0.2, -0.15) is 8.42 Å². The van der Waals surface area contributed by atoms with Gasteiger partial charge >= 0.3 is 0 Å². The van der Waals surface area contributed by atoms with Crippen LogP contribution in [0.15, 0.2) is 53.4 Å². The Hall–Kier alpha value is -2.76. The van der Waals surface area contributed by atoms with Gasteiger partial charge in [0.1, 0.15) is 0 Å². The second-order valence-corrected chi connectivity index (χ2v) is 8.73. The van der Waals surface area contributed by atoms with E-state index in [1.54, 1.807) is 12.1 Å². The van der Waals surface area contributed by atoms with Crippen molar-refractivity contribution in [2.75, 3.05) is 11.1 Å². The van der Waals surface area contributed by atoms with Gasteiger partial charge in [0, 0.05) is 30.5 Å². The SMILES string of the molecule is CC(=O)SCC(Cc1ccc([N+](=O)[O-])cc1)C(=O)Nc1ccc(S(=O)(=O)O)cc1. The first-order chi connectivity index (χ1) is 13.6. The van der Waals surface area contributed by atoms with E-state index in [-0.39, 0.29) is 27.9 Å². The zero-order chi connectivity index (χ0) is 21.6. The third-order valence-electron chi connectivity index (χ3n) is 3.91. The van der Waals surface area contributed by atoms with Crippen molar-refractivity contribution in [2.45, 2.75) is 18.2 Å². The number of nitrogens with one attached hydrogen (secondary N) is 1. The minimum Gasteiger partial charge on any atom is -0.326 e. The van der Waals surface area contributed by atoms with Crippen LogP contribution in [0.4, 0.5) is 11.4 Å². The molecule has 29 heavy (non-hydrogen) atoms. The fourth-order valence-corrected chi connectivity index (χ4v) is 3.62. The zero-order valence-corrected chi connectivity index (χ0v) is 16.9. The van der Waals surface area contributed by atoms with Crippen molar-refractivity contribution in [2.24, 2.45) is 5.92 Å². The van der Waals surface area contributed by atoms with Crippen LogP contribution in [0.5, 0.6) is 0 Å². The predicted octanol–water partition coefficient (Wildman–Crippen LogP) is 2.92. The lowest BCUT2D eigenvalue weighted by Gasteiger charge is -2.16. The highest BCUT2D eigenvalue weighted by atomic mass is 32.2. The minimum atomic E-state index is -4.33. The Kier molecular flexibility index (Phi) is 7.48. The molecule has 0 radical (unpaired) electrons. The van der Waals surface area contributed by atoms with Gasteiger partial charge in [-0.25, -0.2) is 0 Å². The Morgan fingerprint density at radius 1 is 1.14 bits per heavy atom. The van der Waals surface area contributed by atoms with E-state index in [4.69, 9.17) is 4.55 Å². The van der Waals surface area contributed by atoms with Crippen LogP contribution in [0.25, 0.3) is 0 Å². The number of carbonyl (C=O) groups is 2. The number of nitro groups is 1. The minimum absolute atomic E-state index is 0.0632. The maximum Gasteiger partial charge on any atom is 0.294 e. The number of nitrogens with zero attached hydrogens (tertiary/aromatic N) is 1. The molecule has 0 aliphatic carbocycles. The first-order valence-electron chi connectivity index (χ1n) is 8.31. The highest BCUT2D eigenvalue weighted by Crippen LogP contribution is 2.21. The molecule has 2 aromatic rings. The summed E-state index contributed by atoms with van der Waals surface area (Å²) >= 11 is 0.991. The van der Waals surface area contributed by atoms with E-state index < -0.39 is 26.9 Å². The number of non-ortho nitro benzene ring substituents is 1. The fourth-order valence-electron chi connectivity index (χ4n) is 2.44. The van der Waals surface area contributed by atoms with Gasteiger partial charge in [-0.1, -0.05) is 23.9 Å². The molecule has 0 fully saturated rings. The van der Waals surface area contributed by atoms with Crippen molar-refractivity contribution in [3.8, 4) is 0 Å². The number of carbonyl (C=O) groups excluding carboxylic acids is 2. The maximum absolute atomic E-state index is 12.7. The molecule has 0 saturated heterocycles. The van der Waals surface area contributed by atoms with E-state index in [1.165, 1.54) is 31.2 Å². The molecule has 0 saturated carbocycles. The summed E-state index contributed by atoms with van der Waals surface area (Å²) in [4.78, 5) is 33.9. The van der Waals surface area contributed by atoms with Crippen LogP contribution in [0.2, 0.25) is 0 Å². The molecule has 0 bridgehead atoms. The Morgan fingerprint density at radius 3 is 2.21 bits per heavy atom. The summed E-state index contributed by atoms with van der Waals surface area (Å²) in [5, 5.41) is 13.3. The van der Waals surface area contributed by atoms with Crippen molar-refractivity contribution in [1.82, 2.24) is 0 Å². The largest absolute Gasteiger partial charge is 0.326 e. The molecule has 0 aliphatic rings. The van der Waals surface area contributed by atoms with Crippen molar-refractivity contribution in [3.05, 3.63) is 64.2 Å². The third-order valence-corrected chi connectivity index (χ3v) is 5.75. The summed E-state index contributed by atoms with van der Waals surface area (Å²) in [5.74, 6) is -0.787. The van der Waals surface area contributed by atoms with E-state index in [1.807, 2.05) is 0 Å². The molecule has 1 atom stereocenters. The van der Waals surface area contributed by atoms with E-state index in [0.717, 1.165) is 23.9 Å². The molecule has 9 nitrogen and oxygen atoms in total. The first-order valence-corrected chi connectivity index (χ1v) is 10.7. The van der Waals surface area contributed by atoms with Crippen LogP contribution in [0.3, 0.4) is 0 Å². The lowest BCUT2D eigenvalue weighted by Crippen LogP contribution is -2.27. The lowest BCUT2D eigenvalue weighted by molar-refractivity contribution is -0.384. The number of hydrogen-bond acceptors (Lipinski definition) is 7. The zero-order valence-electron chi connectivity index (χ0n) is 15.3. The van der Waals surface area contributed by atoms with Gasteiger partial charge in [0.05, 0.1) is 15.7 Å². The Bertz CT molecular complexity index is 1000. The van der Waals surface area contributed by atoms with Crippen molar-refractivity contribution in [3.63, 3.8) is 0 Å². The number of anilines is 1. The first kappa shape index (κ1) is 22.5. The quantitative estimate of drug-likeness (QED) is 0.364. The van der Waals surface area contributed by atoms with E-state index in [9.17, 15) is 28.1 Å². The van der Waals surface area contributed by atoms with Crippen LogP contribution in [-0.2, 0) is 26.1 Å². The summed E-state index contributed by atoms with van der Waals surface area (Å²) in [6.07, 6.45) is 0.257. The maximum atomic E-state index is 12.7. The smallest absolute Gasteiger partial charge is 0.294 e. The molecule has 0 spiro atoms. The summed E-state index contributed by atoms with van der Waals surface area (Å²) in [6, 6.07) is 10.8. The number of thioether (sulfide) groups is 1. The summed E-state index contributed by atoms with van der Waals surface area (Å²) < 4.78 is 31.2. The third kappa shape index (κ3) is 6.97. The summed E-state index contributed by atoms with van der Waals surface area (Å²) in [7, 11) is -4.33. The van der Waals surface area contributed by atoms with Crippen LogP contribution in [-0.4, -0.2) is 34.7 Å². The molecule has 2 rings (SSSR count). The van der Waals surface area contributed by atoms with Gasteiger partial charge in [-0.15, -0.1) is 0 Å². The second-order valence-electron chi connectivity index (χ2n) is 6.12. The lowest BCUT2D eigenvalue weighted by atomic mass is 10.00. The van der Waals surface area contributed by atoms with Crippen LogP contribution < -0.4 is 5.32 Å². The number of benzene rings is 2. The number of amides is 1. The van der Waals surface area contributed by atoms with Gasteiger partial charge in [0.25, 0.3) is 15.8 Å². The van der Waals surface area contributed by atoms with Gasteiger partial charge in [-0.05, 0) is 36.2 Å². The number of nitro benzene ring substituents is 1. The molecule has 0 aromatic heterocycles. The molecule has 11 heteroatoms. The molecule has 1 unspecified atom stereocenters. The van der Waals surface area contributed by atoms with Gasteiger partial charge in [0.15, 0.2) is 5.12 Å². The molecular formula is C18H18N2O7S2. The summed E-state index contributed by atoms with van der Waals surface area (Å²) in [5.41, 5.74) is 0.956. The van der Waals surface area contributed by atoms with E-state index in [0.29, 0.717) is 11.3 Å². The molecule has 0 aliphatic heterocycles. The van der Waals surface area contributed by atoms with Crippen molar-refractivity contribution >= 4 is 44.3 Å². The fraction of sp³-hybridized carbons (Fsp3) is 0.222. The van der Waals surface area contributed by atoms with E-state index in [2.05, 4.69) is 5.32 Å². The number of rotatable bonds is 8. The van der Waals surface area contributed by atoms with Crippen molar-refractivity contribution < 1.29 is 27.5 Å². The Labute approximate surface area is 171 Å². The van der Waals surface area contributed by atoms with E-state index >= 15 is 0 Å². The molecule has 0 heterocycles. The van der Waals surface area contributed by atoms with Gasteiger partial charge in [-0.3, -0.25) is 24.3 Å². The van der Waals surface area contributed by atoms with Gasteiger partial charge in [0.2, 0.25) is 5.91 Å². The second kappa shape index (κ2) is 9.63. The highest BCUT2D eigenvalue weighted by Gasteiger charge is 2.21. The summed E-state index contributed by atoms with van der Waals surface area (Å²) in [6.45, 7) is 1.39. The number of hydrogen-bond donors (Lipinski definition) is 2. The average molecular weight is 438 g/mol. The van der Waals surface area contributed by atoms with Crippen molar-refractivity contribution in [1.29, 1.82) is 0 Å². The molecule has 2 aromatic carbocycles. The highest BCUT2D eigenvalue weighted by molar-refractivity contribution is 8.13. The Morgan fingerprint density at radius 2 is 1.72 bits per heavy atom. The molecule has 154 valence electrons. The normalized spacial score (nSPS) is 12.2. The topological polar surface area (TPSA) is 144 Å². The Balaban J connectivity index is 2.14. The predicted molar refractivity (Wildman–Crippen MR) is 108 cm³/mol. The molecule has 1 amide bonds. The standard InChI is InChI=1S/C18H18N2O7S2/c1-12(21)28-11-14(10-13-2-6-16(7-3-13)20(23)24)18(22)19-15-4-8-17(9-5-15)29(25,26)27/h2-9,14H,10-11H2,1H3,(H,19,22)(H,25,26,27). The van der Waals surface area contributed by atoms with Crippen LogP contribution in [0.1, 0.15) is 12.5 Å². The monoisotopic (exact) mass is 438 g/mol.